The summed E-state index contributed by atoms with van der Waals surface area (Å²) in [5.41, 5.74) is 2.24. The van der Waals surface area contributed by atoms with Crippen molar-refractivity contribution in [3.8, 4) is 0 Å². The fourth-order valence-electron chi connectivity index (χ4n) is 0.817. The Morgan fingerprint density at radius 3 is 2.65 bits per heavy atom. The molecule has 17 heavy (non-hydrogen) atoms. The van der Waals surface area contributed by atoms with Crippen LogP contribution in [0.15, 0.2) is 43.1 Å². The number of hydrogen-bond donors (Lipinski definition) is 0. The van der Waals surface area contributed by atoms with Gasteiger partial charge in [0.25, 0.3) is 0 Å². The topological polar surface area (TPSA) is 36.9 Å². The fourth-order valence-corrected chi connectivity index (χ4v) is 0.817. The molecule has 0 bridgehead atoms. The molecule has 0 aliphatic carbocycles. The molecule has 0 heterocycles. The van der Waals surface area contributed by atoms with Crippen LogP contribution >= 0.6 is 0 Å². The third-order valence-electron chi connectivity index (χ3n) is 1.61. The summed E-state index contributed by atoms with van der Waals surface area (Å²) in [5, 5.41) is 0. The van der Waals surface area contributed by atoms with Gasteiger partial charge >= 0.3 is 5.95 Å². The van der Waals surface area contributed by atoms with E-state index in [1.807, 2.05) is 20.8 Å². The van der Waals surface area contributed by atoms with Crippen molar-refractivity contribution in [2.24, 2.45) is 0 Å². The smallest absolute Gasteiger partial charge is 0.335 e. The molecule has 0 spiro atoms. The quantitative estimate of drug-likeness (QED) is 0.482. The molecule has 0 atom stereocenters. The number of hydrogen-bond acceptors (Lipinski definition) is 4. The number of ether oxygens (including phenoxy) is 4. The minimum Gasteiger partial charge on any atom is -0.505 e. The molecule has 4 heteroatoms. The molecule has 4 nitrogen and oxygen atoms in total. The molecule has 0 radical (unpaired) electrons. The Balaban J connectivity index is 4.52. The first-order chi connectivity index (χ1) is 8.05. The van der Waals surface area contributed by atoms with Crippen molar-refractivity contribution in [2.45, 2.75) is 26.4 Å². The zero-order valence-corrected chi connectivity index (χ0v) is 10.9. The zero-order valence-electron chi connectivity index (χ0n) is 10.9. The summed E-state index contributed by atoms with van der Waals surface area (Å²) in [5.74, 6) is 0.217. The normalized spacial score (nSPS) is 10.4. The van der Waals surface area contributed by atoms with Crippen LogP contribution in [0.4, 0.5) is 0 Å². The van der Waals surface area contributed by atoms with Gasteiger partial charge in [0, 0.05) is 5.73 Å². The lowest BCUT2D eigenvalue weighted by molar-refractivity contribution is 0.0839. The van der Waals surface area contributed by atoms with Crippen LogP contribution in [0.1, 0.15) is 20.8 Å². The Bertz CT molecular complexity index is 309. The molecule has 0 aromatic carbocycles. The zero-order chi connectivity index (χ0) is 13.1. The van der Waals surface area contributed by atoms with E-state index in [-0.39, 0.29) is 5.95 Å². The van der Waals surface area contributed by atoms with Crippen LogP contribution in [0.3, 0.4) is 0 Å². The van der Waals surface area contributed by atoms with Crippen molar-refractivity contribution < 1.29 is 18.9 Å². The van der Waals surface area contributed by atoms with Crippen molar-refractivity contribution in [1.82, 2.24) is 0 Å². The first-order valence-electron chi connectivity index (χ1n) is 5.29. The molecule has 0 rings (SSSR count). The highest BCUT2D eigenvalue weighted by Gasteiger charge is 2.12. The second kappa shape index (κ2) is 8.36. The van der Waals surface area contributed by atoms with Gasteiger partial charge in [-0.2, -0.15) is 0 Å². The maximum Gasteiger partial charge on any atom is 0.335 e. The molecule has 0 fully saturated rings. The maximum atomic E-state index is 5.44. The van der Waals surface area contributed by atoms with Gasteiger partial charge in [-0.15, -0.1) is 0 Å². The van der Waals surface area contributed by atoms with Gasteiger partial charge in [0.15, 0.2) is 0 Å². The van der Waals surface area contributed by atoms with E-state index in [4.69, 9.17) is 18.9 Å². The monoisotopic (exact) mass is 240 g/mol. The molecule has 0 unspecified atom stereocenters. The Morgan fingerprint density at radius 1 is 1.41 bits per heavy atom. The molecule has 0 aromatic rings. The predicted molar refractivity (Wildman–Crippen MR) is 65.8 cm³/mol. The molecule has 0 saturated heterocycles. The highest BCUT2D eigenvalue weighted by atomic mass is 16.7. The summed E-state index contributed by atoms with van der Waals surface area (Å²) in [6.45, 7) is 9.53. The van der Waals surface area contributed by atoms with E-state index in [0.717, 1.165) is 0 Å². The Labute approximate surface area is 103 Å². The largest absolute Gasteiger partial charge is 0.505 e. The average molecular weight is 240 g/mol. The van der Waals surface area contributed by atoms with E-state index < -0.39 is 5.60 Å². The summed E-state index contributed by atoms with van der Waals surface area (Å²) in [6, 6.07) is 0. The molecule has 0 aliphatic rings. The average Bonchev–Trinajstić information content (AvgIpc) is 2.27. The lowest BCUT2D eigenvalue weighted by Crippen LogP contribution is -2.17. The van der Waals surface area contributed by atoms with Gasteiger partial charge in [0.2, 0.25) is 0 Å². The predicted octanol–water partition coefficient (Wildman–Crippen LogP) is 3.09. The van der Waals surface area contributed by atoms with Crippen LogP contribution in [0.5, 0.6) is 0 Å². The lowest BCUT2D eigenvalue weighted by atomic mass is 10.1. The van der Waals surface area contributed by atoms with E-state index in [9.17, 15) is 0 Å². The van der Waals surface area contributed by atoms with Crippen LogP contribution < -0.4 is 0 Å². The summed E-state index contributed by atoms with van der Waals surface area (Å²) < 4.78 is 20.4. The second-order valence-electron chi connectivity index (χ2n) is 3.53. The third kappa shape index (κ3) is 8.05. The van der Waals surface area contributed by atoms with E-state index in [0.29, 0.717) is 6.61 Å². The SMILES string of the molecule is C=COC(=C=COC(C)(C)C=COC)OCC. The van der Waals surface area contributed by atoms with Gasteiger partial charge in [-0.25, -0.2) is 0 Å². The van der Waals surface area contributed by atoms with Crippen LogP contribution in [-0.2, 0) is 18.9 Å². The lowest BCUT2D eigenvalue weighted by Gasteiger charge is -2.18. The highest BCUT2D eigenvalue weighted by Crippen LogP contribution is 2.11. The van der Waals surface area contributed by atoms with Crippen LogP contribution in [0, 0.1) is 0 Å². The minimum absolute atomic E-state index is 0.217. The molecular weight excluding hydrogens is 220 g/mol. The number of rotatable bonds is 8. The highest BCUT2D eigenvalue weighted by molar-refractivity contribution is 4.95. The number of methoxy groups -OCH3 is 1. The molecule has 0 aliphatic heterocycles. The molecule has 0 amide bonds. The molecule has 0 aromatic heterocycles. The second-order valence-corrected chi connectivity index (χ2v) is 3.53. The van der Waals surface area contributed by atoms with Gasteiger partial charge < -0.3 is 18.9 Å². The van der Waals surface area contributed by atoms with Gasteiger partial charge in [-0.3, -0.25) is 0 Å². The van der Waals surface area contributed by atoms with Crippen molar-refractivity contribution in [3.63, 3.8) is 0 Å². The Hall–Kier alpha value is -1.80. The van der Waals surface area contributed by atoms with Crippen LogP contribution in [0.25, 0.3) is 0 Å². The minimum atomic E-state index is -0.492. The standard InChI is InChI=1S/C13H20O4/c1-6-15-12(16-7-2)8-10-17-13(3,4)9-11-14-5/h6,9-11H,1,7H2,2-5H3. The first-order valence-corrected chi connectivity index (χ1v) is 5.29. The summed E-state index contributed by atoms with van der Waals surface area (Å²) in [6.07, 6.45) is 5.98. The van der Waals surface area contributed by atoms with E-state index >= 15 is 0 Å². The van der Waals surface area contributed by atoms with Gasteiger partial charge in [-0.05, 0) is 26.8 Å². The molecule has 0 saturated carbocycles. The molecular formula is C13H20O4. The van der Waals surface area contributed by atoms with Gasteiger partial charge in [0.1, 0.15) is 11.9 Å². The van der Waals surface area contributed by atoms with E-state index in [1.165, 1.54) is 12.5 Å². The van der Waals surface area contributed by atoms with Gasteiger partial charge in [0.05, 0.1) is 26.2 Å². The van der Waals surface area contributed by atoms with E-state index in [1.54, 1.807) is 19.4 Å². The molecule has 96 valence electrons. The van der Waals surface area contributed by atoms with E-state index in [2.05, 4.69) is 12.3 Å². The summed E-state index contributed by atoms with van der Waals surface area (Å²) in [4.78, 5) is 0. The molecule has 0 N–H and O–H groups in total. The van der Waals surface area contributed by atoms with Crippen molar-refractivity contribution in [1.29, 1.82) is 0 Å². The van der Waals surface area contributed by atoms with Crippen molar-refractivity contribution in [3.05, 3.63) is 43.1 Å². The first kappa shape index (κ1) is 15.2. The maximum absolute atomic E-state index is 5.44. The Kier molecular flexibility index (Phi) is 7.48. The van der Waals surface area contributed by atoms with Crippen LogP contribution in [-0.4, -0.2) is 19.3 Å². The summed E-state index contributed by atoms with van der Waals surface area (Å²) >= 11 is 0. The summed E-state index contributed by atoms with van der Waals surface area (Å²) in [7, 11) is 1.58. The van der Waals surface area contributed by atoms with Gasteiger partial charge in [-0.1, -0.05) is 6.58 Å². The Morgan fingerprint density at radius 2 is 2.12 bits per heavy atom. The third-order valence-corrected chi connectivity index (χ3v) is 1.61. The fraction of sp³-hybridized carbons (Fsp3) is 0.462. The van der Waals surface area contributed by atoms with Crippen LogP contribution in [0.2, 0.25) is 0 Å². The van der Waals surface area contributed by atoms with Crippen molar-refractivity contribution in [2.75, 3.05) is 13.7 Å². The van der Waals surface area contributed by atoms with Crippen molar-refractivity contribution >= 4 is 0 Å².